The van der Waals surface area contributed by atoms with Gasteiger partial charge < -0.3 is 28.2 Å². The average Bonchev–Trinajstić information content (AvgIpc) is 0.918. The molecule has 0 aliphatic carbocycles. The minimum absolute atomic E-state index is 0. The van der Waals surface area contributed by atoms with Crippen molar-refractivity contribution in [3.63, 3.8) is 0 Å². The summed E-state index contributed by atoms with van der Waals surface area (Å²) in [5.74, 6) is 0. The fourth-order valence-corrected chi connectivity index (χ4v) is 0. The third-order valence-corrected chi connectivity index (χ3v) is 0. The zero-order valence-electron chi connectivity index (χ0n) is 4.42. The first-order valence-electron chi connectivity index (χ1n) is 0.309. The second-order valence-electron chi connectivity index (χ2n) is 0.0583. The zero-order chi connectivity index (χ0) is 2.71. The van der Waals surface area contributed by atoms with Gasteiger partial charge in [0.25, 0.3) is 0 Å². The summed E-state index contributed by atoms with van der Waals surface area (Å²) in [6, 6.07) is 0. The number of rotatable bonds is 0. The molecule has 0 bridgehead atoms. The van der Waals surface area contributed by atoms with Crippen LogP contribution in [0.2, 0.25) is 0 Å². The molecule has 0 aromatic rings. The molecule has 0 spiro atoms. The van der Waals surface area contributed by atoms with Crippen LogP contribution in [-0.4, -0.2) is 17.4 Å². The molecule has 71 valence electrons. The monoisotopic (exact) mass is 247 g/mol. The van der Waals surface area contributed by atoms with Crippen molar-refractivity contribution < 1.29 is 59.8 Å². The van der Waals surface area contributed by atoms with Crippen LogP contribution in [0.4, 0.5) is 9.05 Å². The van der Waals surface area contributed by atoms with Gasteiger partial charge in [-0.1, -0.05) is 0 Å². The average molecular weight is 247 g/mol. The van der Waals surface area contributed by atoms with Crippen LogP contribution in [0, 0.1) is 0 Å². The summed E-state index contributed by atoms with van der Waals surface area (Å²) < 4.78 is 18.2. The second-order valence-corrected chi connectivity index (χ2v) is 0.0583. The molecule has 0 rings (SSSR count). The van der Waals surface area contributed by atoms with Crippen molar-refractivity contribution in [3.05, 3.63) is 0 Å². The molecule has 0 heterocycles. The molecule has 0 unspecified atom stereocenters. The van der Waals surface area contributed by atoms with Gasteiger partial charge in [-0.3, -0.25) is 0 Å². The molecule has 1 radical (unpaired) electrons. The smallest absolute Gasteiger partial charge is 1.00 e. The van der Waals surface area contributed by atoms with Crippen LogP contribution >= 0.6 is 0 Å². The maximum atomic E-state index is 9.12. The molecule has 0 aromatic heterocycles. The number of hydrogen-bond donors (Lipinski definition) is 0. The van der Waals surface area contributed by atoms with Gasteiger partial charge in [-0.25, -0.2) is 0 Å². The van der Waals surface area contributed by atoms with E-state index in [0.717, 1.165) is 0 Å². The Morgan fingerprint density at radius 1 is 0.636 bits per heavy atom. The van der Waals surface area contributed by atoms with Crippen molar-refractivity contribution in [3.8, 4) is 0 Å². The van der Waals surface area contributed by atoms with Gasteiger partial charge in [0, 0.05) is 5.15 Å². The molecule has 0 fully saturated rings. The van der Waals surface area contributed by atoms with Gasteiger partial charge in [0.05, 0.1) is 0 Å². The van der Waals surface area contributed by atoms with Gasteiger partial charge >= 0.3 is 34.7 Å². The van der Waals surface area contributed by atoms with Crippen molar-refractivity contribution in [1.29, 1.82) is 0 Å². The van der Waals surface area contributed by atoms with Gasteiger partial charge in [0.1, 0.15) is 0 Å². The van der Waals surface area contributed by atoms with Crippen LogP contribution < -0.4 is 28.2 Å². The van der Waals surface area contributed by atoms with Crippen LogP contribution in [-0.2, 0) is 22.5 Å². The molecular formula is AlCrF8O. The molecule has 1 nitrogen and oxygen atoms in total. The van der Waals surface area contributed by atoms with Crippen molar-refractivity contribution in [2.24, 2.45) is 0 Å². The molecule has 0 aliphatic heterocycles. The largest absolute Gasteiger partial charge is 3.00 e. The van der Waals surface area contributed by atoms with Gasteiger partial charge in [0.2, 0.25) is 0 Å². The van der Waals surface area contributed by atoms with E-state index in [9.17, 15) is 0 Å². The summed E-state index contributed by atoms with van der Waals surface area (Å²) in [7, 11) is 0. The third kappa shape index (κ3) is 3470. The van der Waals surface area contributed by atoms with E-state index in [-0.39, 0.29) is 62.9 Å². The van der Waals surface area contributed by atoms with E-state index >= 15 is 0 Å². The van der Waals surface area contributed by atoms with E-state index in [2.05, 4.69) is 0 Å². The predicted molar refractivity (Wildman–Crippen MR) is 9.05 cm³/mol. The van der Waals surface area contributed by atoms with Gasteiger partial charge in [-0.15, -0.1) is 0 Å². The molecule has 11 heavy (non-hydrogen) atoms. The molecule has 11 heteroatoms. The van der Waals surface area contributed by atoms with E-state index in [0.29, 0.717) is 0 Å². The first-order valence-corrected chi connectivity index (χ1v) is 0.309. The van der Waals surface area contributed by atoms with E-state index in [4.69, 9.17) is 9.05 Å². The summed E-state index contributed by atoms with van der Waals surface area (Å²) in [5, 5.41) is 1.25. The molecule has 0 aromatic carbocycles. The standard InChI is InChI=1S/Al.Cr.F2O.6FH/c;;1-3-2;;;;;;/h;;;6*1H/q2*+3;;;;;;;/p-6. The Morgan fingerprint density at radius 3 is 0.636 bits per heavy atom. The maximum absolute atomic E-state index is 9.12. The molecule has 0 saturated carbocycles. The Kier molecular flexibility index (Phi) is 8210. The van der Waals surface area contributed by atoms with Crippen LogP contribution in [0.1, 0.15) is 0 Å². The van der Waals surface area contributed by atoms with E-state index in [1.54, 1.807) is 0 Å². The SMILES string of the molecule is FOF.[Al+3].[Cr+3].[F-].[F-].[F-].[F-].[F-].[F-]. The first kappa shape index (κ1) is 207. The fraction of sp³-hybridized carbons (Fsp3) is 0. The fourth-order valence-electron chi connectivity index (χ4n) is 0. The minimum Gasteiger partial charge on any atom is -1.00 e. The van der Waals surface area contributed by atoms with Gasteiger partial charge in [0.15, 0.2) is 0 Å². The number of halogens is 8. The summed E-state index contributed by atoms with van der Waals surface area (Å²) in [6.45, 7) is 0. The molecule has 0 amide bonds. The molecule has 0 atom stereocenters. The van der Waals surface area contributed by atoms with Crippen molar-refractivity contribution >= 4 is 17.4 Å². The Bertz CT molecular complexity index is 14.1. The van der Waals surface area contributed by atoms with E-state index < -0.39 is 0 Å². The Labute approximate surface area is 77.7 Å². The molecule has 0 N–H and O–H groups in total. The molecule has 0 saturated heterocycles. The first-order chi connectivity index (χ1) is 1.41. The predicted octanol–water partition coefficient (Wildman–Crippen LogP) is -17.6. The van der Waals surface area contributed by atoms with E-state index in [1.807, 2.05) is 0 Å². The van der Waals surface area contributed by atoms with Crippen LogP contribution in [0.15, 0.2) is 0 Å². The second kappa shape index (κ2) is 437. The van der Waals surface area contributed by atoms with Crippen LogP contribution in [0.5, 0.6) is 0 Å². The van der Waals surface area contributed by atoms with Crippen LogP contribution in [0.25, 0.3) is 0 Å². The zero-order valence-corrected chi connectivity index (χ0v) is 6.85. The summed E-state index contributed by atoms with van der Waals surface area (Å²) in [5.41, 5.74) is 0. The Morgan fingerprint density at radius 2 is 0.636 bits per heavy atom. The summed E-state index contributed by atoms with van der Waals surface area (Å²) >= 11 is 0. The Hall–Kier alpha value is 0.465. The van der Waals surface area contributed by atoms with Crippen LogP contribution in [0.3, 0.4) is 0 Å². The maximum Gasteiger partial charge on any atom is 3.00 e. The quantitative estimate of drug-likeness (QED) is 0.305. The Balaban J connectivity index is -0.000000000714. The molecular weight excluding hydrogens is 247 g/mol. The number of hydrogen-bond acceptors (Lipinski definition) is 1. The van der Waals surface area contributed by atoms with Crippen molar-refractivity contribution in [2.75, 3.05) is 0 Å². The van der Waals surface area contributed by atoms with Crippen molar-refractivity contribution in [1.82, 2.24) is 0 Å². The molecule has 0 aliphatic rings. The summed E-state index contributed by atoms with van der Waals surface area (Å²) in [4.78, 5) is 0. The van der Waals surface area contributed by atoms with E-state index in [1.165, 1.54) is 5.15 Å². The van der Waals surface area contributed by atoms with Crippen molar-refractivity contribution in [2.45, 2.75) is 0 Å². The minimum atomic E-state index is 0. The summed E-state index contributed by atoms with van der Waals surface area (Å²) in [6.07, 6.45) is 0. The van der Waals surface area contributed by atoms with Gasteiger partial charge in [-0.2, -0.15) is 0 Å². The van der Waals surface area contributed by atoms with Gasteiger partial charge in [-0.05, 0) is 9.05 Å². The normalized spacial score (nSPS) is 1.64. The third-order valence-electron chi connectivity index (χ3n) is 0. The topological polar surface area (TPSA) is 9.23 Å².